The highest BCUT2D eigenvalue weighted by Gasteiger charge is 2.44. The molecule has 1 atom stereocenters. The average molecular weight is 287 g/mol. The molecule has 6 heteroatoms. The van der Waals surface area contributed by atoms with Crippen LogP contribution in [-0.2, 0) is 4.79 Å². The zero-order valence-electron chi connectivity index (χ0n) is 11.5. The van der Waals surface area contributed by atoms with Crippen LogP contribution < -0.4 is 0 Å². The Hall–Kier alpha value is -2.76. The maximum Gasteiger partial charge on any atom is 0.289 e. The molecule has 2 aromatic rings. The van der Waals surface area contributed by atoms with Crippen LogP contribution in [-0.4, -0.2) is 28.7 Å². The molecule has 2 aromatic heterocycles. The lowest BCUT2D eigenvalue weighted by Crippen LogP contribution is -2.26. The van der Waals surface area contributed by atoms with Gasteiger partial charge in [-0.25, -0.2) is 0 Å². The number of Topliss-reactive ketones (excluding diaryl/α,β-unsaturated/α-hetero) is 1. The largest absolute Gasteiger partial charge is 0.503 e. The molecule has 0 aromatic carbocycles. The lowest BCUT2D eigenvalue weighted by Gasteiger charge is -2.19. The van der Waals surface area contributed by atoms with Crippen molar-refractivity contribution in [2.24, 2.45) is 0 Å². The second-order valence-corrected chi connectivity index (χ2v) is 4.84. The molecule has 0 saturated heterocycles. The fraction of sp³-hybridized carbons (Fsp3) is 0.200. The molecule has 0 bridgehead atoms. The number of carbonyl (C=O) groups excluding carboxylic acids is 2. The maximum absolute atomic E-state index is 12.5. The van der Waals surface area contributed by atoms with Gasteiger partial charge in [-0.3, -0.25) is 9.59 Å². The summed E-state index contributed by atoms with van der Waals surface area (Å²) in [6, 6.07) is 5.70. The molecule has 3 heterocycles. The molecule has 0 aliphatic carbocycles. The van der Waals surface area contributed by atoms with Crippen molar-refractivity contribution in [2.75, 3.05) is 7.05 Å². The number of nitrogens with zero attached hydrogens (tertiary/aromatic N) is 1. The lowest BCUT2D eigenvalue weighted by molar-refractivity contribution is -0.128. The maximum atomic E-state index is 12.5. The van der Waals surface area contributed by atoms with Gasteiger partial charge in [-0.1, -0.05) is 0 Å². The highest BCUT2D eigenvalue weighted by atomic mass is 16.3. The monoisotopic (exact) mass is 287 g/mol. The number of ketones is 1. The summed E-state index contributed by atoms with van der Waals surface area (Å²) in [7, 11) is 1.50. The fourth-order valence-electron chi connectivity index (χ4n) is 2.43. The fourth-order valence-corrected chi connectivity index (χ4v) is 2.43. The number of hydrogen-bond donors (Lipinski definition) is 1. The van der Waals surface area contributed by atoms with Gasteiger partial charge in [0.25, 0.3) is 5.91 Å². The molecule has 0 saturated carbocycles. The van der Waals surface area contributed by atoms with Crippen LogP contribution in [0.25, 0.3) is 0 Å². The zero-order chi connectivity index (χ0) is 15.1. The Labute approximate surface area is 120 Å². The van der Waals surface area contributed by atoms with Crippen molar-refractivity contribution in [1.82, 2.24) is 4.90 Å². The number of aliphatic hydroxyl groups excluding tert-OH is 1. The first-order valence-corrected chi connectivity index (χ1v) is 6.35. The van der Waals surface area contributed by atoms with E-state index in [1.54, 1.807) is 25.1 Å². The Bertz CT molecular complexity index is 738. The van der Waals surface area contributed by atoms with E-state index in [0.29, 0.717) is 11.5 Å². The molecule has 6 nitrogen and oxygen atoms in total. The van der Waals surface area contributed by atoms with E-state index >= 15 is 0 Å². The molecular formula is C15H13NO5. The Balaban J connectivity index is 2.09. The molecule has 21 heavy (non-hydrogen) atoms. The highest BCUT2D eigenvalue weighted by molar-refractivity contribution is 6.14. The first-order chi connectivity index (χ1) is 10.0. The van der Waals surface area contributed by atoms with Crippen LogP contribution in [0.4, 0.5) is 0 Å². The third-order valence-electron chi connectivity index (χ3n) is 3.46. The van der Waals surface area contributed by atoms with Gasteiger partial charge >= 0.3 is 0 Å². The van der Waals surface area contributed by atoms with E-state index in [9.17, 15) is 14.7 Å². The van der Waals surface area contributed by atoms with Crippen molar-refractivity contribution in [1.29, 1.82) is 0 Å². The molecule has 108 valence electrons. The predicted molar refractivity (Wildman–Crippen MR) is 71.6 cm³/mol. The van der Waals surface area contributed by atoms with Gasteiger partial charge in [0.1, 0.15) is 17.6 Å². The first-order valence-electron chi connectivity index (χ1n) is 6.35. The molecular weight excluding hydrogens is 274 g/mol. The summed E-state index contributed by atoms with van der Waals surface area (Å²) in [4.78, 5) is 25.7. The van der Waals surface area contributed by atoms with Gasteiger partial charge in [-0.05, 0) is 31.2 Å². The number of amides is 1. The van der Waals surface area contributed by atoms with Crippen LogP contribution >= 0.6 is 0 Å². The van der Waals surface area contributed by atoms with Gasteiger partial charge in [0.15, 0.2) is 11.5 Å². The van der Waals surface area contributed by atoms with E-state index in [1.807, 2.05) is 0 Å². The average Bonchev–Trinajstić information content (AvgIpc) is 3.16. The van der Waals surface area contributed by atoms with Crippen molar-refractivity contribution in [3.05, 3.63) is 59.1 Å². The van der Waals surface area contributed by atoms with E-state index in [1.165, 1.54) is 24.3 Å². The molecule has 1 aliphatic rings. The normalized spacial score (nSPS) is 18.7. The zero-order valence-corrected chi connectivity index (χ0v) is 11.5. The molecule has 1 aliphatic heterocycles. The number of hydrogen-bond acceptors (Lipinski definition) is 5. The van der Waals surface area contributed by atoms with E-state index in [0.717, 1.165) is 0 Å². The van der Waals surface area contributed by atoms with E-state index in [4.69, 9.17) is 8.83 Å². The second-order valence-electron chi connectivity index (χ2n) is 4.84. The Morgan fingerprint density at radius 1 is 1.33 bits per heavy atom. The third-order valence-corrected chi connectivity index (χ3v) is 3.46. The van der Waals surface area contributed by atoms with Crippen molar-refractivity contribution in [3.63, 3.8) is 0 Å². The number of aryl methyl sites for hydroxylation is 1. The molecule has 1 N–H and O–H groups in total. The highest BCUT2D eigenvalue weighted by Crippen LogP contribution is 2.38. The van der Waals surface area contributed by atoms with E-state index < -0.39 is 23.5 Å². The van der Waals surface area contributed by atoms with Gasteiger partial charge in [0.2, 0.25) is 5.78 Å². The summed E-state index contributed by atoms with van der Waals surface area (Å²) in [5, 5.41) is 10.0. The van der Waals surface area contributed by atoms with Crippen molar-refractivity contribution >= 4 is 11.7 Å². The van der Waals surface area contributed by atoms with Crippen LogP contribution in [0.1, 0.15) is 28.1 Å². The lowest BCUT2D eigenvalue weighted by atomic mass is 10.00. The van der Waals surface area contributed by atoms with Crippen molar-refractivity contribution in [3.8, 4) is 0 Å². The molecule has 3 rings (SSSR count). The Kier molecular flexibility index (Phi) is 2.94. The van der Waals surface area contributed by atoms with E-state index in [-0.39, 0.29) is 11.3 Å². The minimum Gasteiger partial charge on any atom is -0.503 e. The minimum atomic E-state index is -0.760. The second kappa shape index (κ2) is 4.66. The summed E-state index contributed by atoms with van der Waals surface area (Å²) >= 11 is 0. The van der Waals surface area contributed by atoms with Gasteiger partial charge in [0.05, 0.1) is 11.8 Å². The topological polar surface area (TPSA) is 83.9 Å². The summed E-state index contributed by atoms with van der Waals surface area (Å²) < 4.78 is 10.6. The van der Waals surface area contributed by atoms with Crippen LogP contribution in [0.2, 0.25) is 0 Å². The SMILES string of the molecule is Cc1ccc(C2C(C(=O)c3ccco3)=C(O)C(=O)N2C)o1. The summed E-state index contributed by atoms with van der Waals surface area (Å²) in [5.74, 6) is -0.589. The number of furan rings is 2. The van der Waals surface area contributed by atoms with Gasteiger partial charge in [0, 0.05) is 7.05 Å². The van der Waals surface area contributed by atoms with Gasteiger partial charge in [-0.2, -0.15) is 0 Å². The van der Waals surface area contributed by atoms with Crippen LogP contribution in [0.5, 0.6) is 0 Å². The van der Waals surface area contributed by atoms with Gasteiger partial charge < -0.3 is 18.8 Å². The smallest absolute Gasteiger partial charge is 0.289 e. The van der Waals surface area contributed by atoms with E-state index in [2.05, 4.69) is 0 Å². The summed E-state index contributed by atoms with van der Waals surface area (Å²) in [6.45, 7) is 1.76. The standard InChI is InChI=1S/C15H13NO5/c1-8-5-6-9(21-8)12-11(14(18)15(19)16(12)2)13(17)10-4-3-7-20-10/h3-7,12,18H,1-2H3. The molecule has 1 unspecified atom stereocenters. The molecule has 1 amide bonds. The summed E-state index contributed by atoms with van der Waals surface area (Å²) in [5.41, 5.74) is -0.0354. The van der Waals surface area contributed by atoms with Crippen LogP contribution in [0.15, 0.2) is 50.7 Å². The number of likely N-dealkylation sites (N-methyl/N-ethyl adjacent to an activating group) is 1. The van der Waals surface area contributed by atoms with Crippen molar-refractivity contribution in [2.45, 2.75) is 13.0 Å². The van der Waals surface area contributed by atoms with Crippen molar-refractivity contribution < 1.29 is 23.5 Å². The third kappa shape index (κ3) is 1.96. The van der Waals surface area contributed by atoms with Gasteiger partial charge in [-0.15, -0.1) is 0 Å². The quantitative estimate of drug-likeness (QED) is 0.876. The Morgan fingerprint density at radius 3 is 2.67 bits per heavy atom. The molecule has 0 radical (unpaired) electrons. The predicted octanol–water partition coefficient (Wildman–Crippen LogP) is 2.39. The number of carbonyl (C=O) groups is 2. The number of aliphatic hydroxyl groups is 1. The molecule has 0 spiro atoms. The first kappa shape index (κ1) is 13.2. The summed E-state index contributed by atoms with van der Waals surface area (Å²) in [6.07, 6.45) is 1.36. The minimum absolute atomic E-state index is 0.0354. The Morgan fingerprint density at radius 2 is 2.10 bits per heavy atom. The molecule has 0 fully saturated rings. The number of rotatable bonds is 3. The van der Waals surface area contributed by atoms with Crippen LogP contribution in [0.3, 0.4) is 0 Å². The van der Waals surface area contributed by atoms with Crippen LogP contribution in [0, 0.1) is 6.92 Å².